The van der Waals surface area contributed by atoms with E-state index in [1.54, 1.807) is 9.42 Å². The molecule has 0 saturated carbocycles. The summed E-state index contributed by atoms with van der Waals surface area (Å²) in [6.07, 6.45) is 1.72. The maximum atomic E-state index is 13.8. The van der Waals surface area contributed by atoms with Crippen molar-refractivity contribution in [1.82, 2.24) is 35.0 Å². The fraction of sp³-hybridized carbons (Fsp3) is 0.320. The molecular weight excluding hydrogens is 474 g/mol. The van der Waals surface area contributed by atoms with Gasteiger partial charge in [-0.25, -0.2) is 9.31 Å². The Morgan fingerprint density at radius 3 is 2.68 bits per heavy atom. The number of aryl methyl sites for hydroxylation is 2. The zero-order valence-corrected chi connectivity index (χ0v) is 20.3. The fourth-order valence-corrected chi connectivity index (χ4v) is 5.33. The minimum absolute atomic E-state index is 0.211. The molecule has 2 amide bonds. The minimum atomic E-state index is -1.26. The Kier molecular flexibility index (Phi) is 5.43. The van der Waals surface area contributed by atoms with Crippen LogP contribution in [0.25, 0.3) is 5.52 Å². The molecule has 2 aliphatic rings. The molecule has 4 heterocycles. The summed E-state index contributed by atoms with van der Waals surface area (Å²) in [5.41, 5.74) is 2.24. The third kappa shape index (κ3) is 3.99. The lowest BCUT2D eigenvalue weighted by Crippen LogP contribution is -2.60. The first-order valence-corrected chi connectivity index (χ1v) is 12.2. The van der Waals surface area contributed by atoms with Gasteiger partial charge in [0.05, 0.1) is 0 Å². The van der Waals surface area contributed by atoms with Crippen LogP contribution in [0, 0.1) is 6.92 Å². The molecule has 1 saturated heterocycles. The number of hydrogen-bond acceptors (Lipinski definition) is 7. The number of piperazine rings is 1. The van der Waals surface area contributed by atoms with E-state index in [1.807, 2.05) is 60.5 Å². The summed E-state index contributed by atoms with van der Waals surface area (Å²) >= 11 is 0. The van der Waals surface area contributed by atoms with Crippen molar-refractivity contribution in [3.8, 4) is 0 Å². The van der Waals surface area contributed by atoms with Crippen LogP contribution in [0.1, 0.15) is 23.2 Å². The average molecular weight is 502 g/mol. The Labute approximate surface area is 212 Å². The van der Waals surface area contributed by atoms with Gasteiger partial charge in [-0.3, -0.25) is 9.89 Å². The predicted molar refractivity (Wildman–Crippen MR) is 136 cm³/mol. The highest BCUT2D eigenvalue weighted by Gasteiger charge is 2.49. The minimum Gasteiger partial charge on any atom is -0.465 e. The largest absolute Gasteiger partial charge is 0.465 e. The van der Waals surface area contributed by atoms with Gasteiger partial charge in [0.1, 0.15) is 11.1 Å². The Balaban J connectivity index is 1.22. The molecule has 1 aromatic carbocycles. The quantitative estimate of drug-likeness (QED) is 0.326. The lowest BCUT2D eigenvalue weighted by atomic mass is 9.89. The molecule has 1 unspecified atom stereocenters. The van der Waals surface area contributed by atoms with Crippen LogP contribution in [0.3, 0.4) is 0 Å². The van der Waals surface area contributed by atoms with Crippen molar-refractivity contribution in [2.24, 2.45) is 0 Å². The maximum absolute atomic E-state index is 13.8. The number of fused-ring (bicyclic) bond motifs is 2. The van der Waals surface area contributed by atoms with Crippen LogP contribution < -0.4 is 15.5 Å². The first-order chi connectivity index (χ1) is 17.9. The number of aromatic nitrogens is 5. The van der Waals surface area contributed by atoms with Gasteiger partial charge in [-0.15, -0.1) is 5.10 Å². The van der Waals surface area contributed by atoms with Crippen molar-refractivity contribution in [3.63, 3.8) is 0 Å². The van der Waals surface area contributed by atoms with Crippen LogP contribution in [-0.4, -0.2) is 73.0 Å². The predicted octanol–water partition coefficient (Wildman–Crippen LogP) is 2.26. The standard InChI is InChI=1S/C25H27N9O3/c1-16-15-20(30-29-16)26-21-19-7-4-10-34(19)31-23(27-21)33-13-11-32(12-14-33)22(35)25(28-24(36)37)9-8-17-5-2-3-6-18(17)25/h2-7,10,15,28H,8-9,11-14H2,1H3,(H,36,37)(H2,26,27,29,30,31). The highest BCUT2D eigenvalue weighted by atomic mass is 16.4. The Bertz CT molecular complexity index is 1490. The number of nitrogens with one attached hydrogen (secondary N) is 3. The number of anilines is 3. The summed E-state index contributed by atoms with van der Waals surface area (Å²) in [7, 11) is 0. The second-order valence-corrected chi connectivity index (χ2v) is 9.43. The van der Waals surface area contributed by atoms with Crippen molar-refractivity contribution in [1.29, 1.82) is 0 Å². The molecule has 12 nitrogen and oxygen atoms in total. The first-order valence-electron chi connectivity index (χ1n) is 12.2. The summed E-state index contributed by atoms with van der Waals surface area (Å²) in [6, 6.07) is 13.3. The lowest BCUT2D eigenvalue weighted by Gasteiger charge is -2.40. The van der Waals surface area contributed by atoms with Gasteiger partial charge in [-0.2, -0.15) is 10.1 Å². The highest BCUT2D eigenvalue weighted by Crippen LogP contribution is 2.38. The molecule has 6 rings (SSSR count). The number of carbonyl (C=O) groups excluding carboxylic acids is 1. The molecule has 4 N–H and O–H groups in total. The molecule has 4 aromatic rings. The first kappa shape index (κ1) is 22.8. The molecular formula is C25H27N9O3. The monoisotopic (exact) mass is 501 g/mol. The highest BCUT2D eigenvalue weighted by molar-refractivity contribution is 5.92. The van der Waals surface area contributed by atoms with E-state index in [-0.39, 0.29) is 5.91 Å². The number of carbonyl (C=O) groups is 2. The van der Waals surface area contributed by atoms with E-state index in [0.29, 0.717) is 56.6 Å². The van der Waals surface area contributed by atoms with Crippen LogP contribution in [0.5, 0.6) is 0 Å². The summed E-state index contributed by atoms with van der Waals surface area (Å²) in [6.45, 7) is 3.82. The molecule has 1 aliphatic carbocycles. The van der Waals surface area contributed by atoms with Crippen LogP contribution in [0.15, 0.2) is 48.7 Å². The molecule has 0 bridgehead atoms. The van der Waals surface area contributed by atoms with Gasteiger partial charge in [-0.1, -0.05) is 24.3 Å². The smallest absolute Gasteiger partial charge is 0.405 e. The van der Waals surface area contributed by atoms with Crippen molar-refractivity contribution in [2.45, 2.75) is 25.3 Å². The molecule has 3 aromatic heterocycles. The molecule has 1 fully saturated rings. The van der Waals surface area contributed by atoms with Crippen LogP contribution >= 0.6 is 0 Å². The number of hydrogen-bond donors (Lipinski definition) is 4. The molecule has 12 heteroatoms. The van der Waals surface area contributed by atoms with Gasteiger partial charge in [0, 0.05) is 44.1 Å². The summed E-state index contributed by atoms with van der Waals surface area (Å²) in [4.78, 5) is 34.1. The number of rotatable bonds is 5. The van der Waals surface area contributed by atoms with Gasteiger partial charge in [-0.05, 0) is 43.0 Å². The zero-order valence-electron chi connectivity index (χ0n) is 20.3. The Morgan fingerprint density at radius 1 is 1.11 bits per heavy atom. The number of amides is 2. The van der Waals surface area contributed by atoms with E-state index >= 15 is 0 Å². The van der Waals surface area contributed by atoms with Crippen LogP contribution in [-0.2, 0) is 16.8 Å². The molecule has 190 valence electrons. The van der Waals surface area contributed by atoms with E-state index < -0.39 is 11.6 Å². The molecule has 1 atom stereocenters. The van der Waals surface area contributed by atoms with E-state index in [4.69, 9.17) is 4.98 Å². The maximum Gasteiger partial charge on any atom is 0.405 e. The van der Waals surface area contributed by atoms with E-state index in [2.05, 4.69) is 25.9 Å². The number of benzene rings is 1. The van der Waals surface area contributed by atoms with Gasteiger partial charge >= 0.3 is 6.09 Å². The molecule has 1 aliphatic heterocycles. The lowest BCUT2D eigenvalue weighted by molar-refractivity contribution is -0.139. The third-order valence-corrected chi connectivity index (χ3v) is 7.11. The van der Waals surface area contributed by atoms with Crippen molar-refractivity contribution in [3.05, 3.63) is 65.5 Å². The normalized spacial score (nSPS) is 19.2. The van der Waals surface area contributed by atoms with Gasteiger partial charge < -0.3 is 25.5 Å². The average Bonchev–Trinajstić information content (AvgIpc) is 3.63. The topological polar surface area (TPSA) is 144 Å². The number of aromatic amines is 1. The molecule has 0 radical (unpaired) electrons. The van der Waals surface area contributed by atoms with Crippen molar-refractivity contribution >= 4 is 35.1 Å². The number of carboxylic acid groups (broad SMARTS) is 1. The van der Waals surface area contributed by atoms with Gasteiger partial charge in [0.15, 0.2) is 11.6 Å². The zero-order chi connectivity index (χ0) is 25.6. The Morgan fingerprint density at radius 2 is 1.92 bits per heavy atom. The third-order valence-electron chi connectivity index (χ3n) is 7.11. The van der Waals surface area contributed by atoms with Crippen LogP contribution in [0.2, 0.25) is 0 Å². The van der Waals surface area contributed by atoms with Crippen molar-refractivity contribution in [2.75, 3.05) is 36.4 Å². The number of H-pyrrole nitrogens is 1. The summed E-state index contributed by atoms with van der Waals surface area (Å²) in [5, 5.41) is 27.2. The second kappa shape index (κ2) is 8.80. The summed E-state index contributed by atoms with van der Waals surface area (Å²) in [5.74, 6) is 1.62. The fourth-order valence-electron chi connectivity index (χ4n) is 5.33. The van der Waals surface area contributed by atoms with E-state index in [9.17, 15) is 14.7 Å². The van der Waals surface area contributed by atoms with Crippen LogP contribution in [0.4, 0.5) is 22.4 Å². The van der Waals surface area contributed by atoms with E-state index in [1.165, 1.54) is 0 Å². The molecule has 37 heavy (non-hydrogen) atoms. The van der Waals surface area contributed by atoms with E-state index in [0.717, 1.165) is 22.3 Å². The molecule has 0 spiro atoms. The van der Waals surface area contributed by atoms with Gasteiger partial charge in [0.2, 0.25) is 5.95 Å². The second-order valence-electron chi connectivity index (χ2n) is 9.43. The SMILES string of the molecule is Cc1cc(Nc2nc(N3CCN(C(=O)C4(NC(=O)O)CCc5ccccc54)CC3)nn3cccc23)n[nH]1. The van der Waals surface area contributed by atoms with Crippen molar-refractivity contribution < 1.29 is 14.7 Å². The Hall–Kier alpha value is -4.61. The van der Waals surface area contributed by atoms with Gasteiger partial charge in [0.25, 0.3) is 5.91 Å². The number of nitrogens with zero attached hydrogens (tertiary/aromatic N) is 6. The summed E-state index contributed by atoms with van der Waals surface area (Å²) < 4.78 is 1.77.